The SMILES string of the molecule is Cc1ccc(-n2nc([Si](C)(C)C)cc2NC(=O)Nc2ccc(OCCN3CCOCC3)cc2)cc1. The van der Waals surface area contributed by atoms with E-state index in [9.17, 15) is 4.79 Å². The van der Waals surface area contributed by atoms with Crippen LogP contribution in [0.3, 0.4) is 0 Å². The summed E-state index contributed by atoms with van der Waals surface area (Å²) in [7, 11) is -1.67. The number of hydrogen-bond acceptors (Lipinski definition) is 5. The van der Waals surface area contributed by atoms with Crippen molar-refractivity contribution in [3.05, 3.63) is 60.2 Å². The molecule has 0 atom stereocenters. The second-order valence-corrected chi connectivity index (χ2v) is 14.8. The van der Waals surface area contributed by atoms with Crippen molar-refractivity contribution in [2.45, 2.75) is 26.6 Å². The lowest BCUT2D eigenvalue weighted by molar-refractivity contribution is 0.0322. The van der Waals surface area contributed by atoms with E-state index in [2.05, 4.69) is 35.2 Å². The van der Waals surface area contributed by atoms with Crippen LogP contribution in [-0.4, -0.2) is 68.2 Å². The van der Waals surface area contributed by atoms with Crippen molar-refractivity contribution >= 4 is 30.9 Å². The molecule has 35 heavy (non-hydrogen) atoms. The van der Waals surface area contributed by atoms with E-state index in [4.69, 9.17) is 14.6 Å². The molecular formula is C26H35N5O3Si. The maximum atomic E-state index is 12.8. The number of aromatic nitrogens is 2. The highest BCUT2D eigenvalue weighted by molar-refractivity contribution is 6.88. The third kappa shape index (κ3) is 6.94. The number of morpholine rings is 1. The van der Waals surface area contributed by atoms with Crippen molar-refractivity contribution in [2.24, 2.45) is 0 Å². The van der Waals surface area contributed by atoms with E-state index in [1.165, 1.54) is 5.56 Å². The number of aryl methyl sites for hydroxylation is 1. The van der Waals surface area contributed by atoms with Gasteiger partial charge in [0.05, 0.1) is 18.9 Å². The summed E-state index contributed by atoms with van der Waals surface area (Å²) in [5, 5.41) is 11.7. The Morgan fingerprint density at radius 3 is 2.37 bits per heavy atom. The third-order valence-corrected chi connectivity index (χ3v) is 7.67. The average Bonchev–Trinajstić information content (AvgIpc) is 3.25. The van der Waals surface area contributed by atoms with Crippen molar-refractivity contribution in [1.82, 2.24) is 14.7 Å². The van der Waals surface area contributed by atoms with E-state index in [0.717, 1.165) is 49.6 Å². The number of ether oxygens (including phenoxy) is 2. The second-order valence-electron chi connectivity index (χ2n) is 9.82. The zero-order valence-electron chi connectivity index (χ0n) is 21.0. The number of nitrogens with one attached hydrogen (secondary N) is 2. The summed E-state index contributed by atoms with van der Waals surface area (Å²) in [4.78, 5) is 15.1. The van der Waals surface area contributed by atoms with Crippen LogP contribution in [0.1, 0.15) is 5.56 Å². The van der Waals surface area contributed by atoms with Gasteiger partial charge in [-0.3, -0.25) is 10.2 Å². The molecule has 1 aromatic heterocycles. The van der Waals surface area contributed by atoms with Crippen LogP contribution < -0.4 is 20.7 Å². The van der Waals surface area contributed by atoms with Gasteiger partial charge in [-0.05, 0) is 49.4 Å². The fourth-order valence-electron chi connectivity index (χ4n) is 3.75. The summed E-state index contributed by atoms with van der Waals surface area (Å²) >= 11 is 0. The molecule has 0 unspecified atom stereocenters. The van der Waals surface area contributed by atoms with Crippen LogP contribution in [0.2, 0.25) is 19.6 Å². The number of rotatable bonds is 8. The predicted octanol–water partition coefficient (Wildman–Crippen LogP) is 4.08. The molecular weight excluding hydrogens is 458 g/mol. The zero-order chi connectivity index (χ0) is 24.8. The Kier molecular flexibility index (Phi) is 7.89. The summed E-state index contributed by atoms with van der Waals surface area (Å²) < 4.78 is 13.0. The minimum Gasteiger partial charge on any atom is -0.492 e. The van der Waals surface area contributed by atoms with Gasteiger partial charge in [0, 0.05) is 30.6 Å². The summed E-state index contributed by atoms with van der Waals surface area (Å²) in [6.07, 6.45) is 0. The van der Waals surface area contributed by atoms with Gasteiger partial charge >= 0.3 is 6.03 Å². The van der Waals surface area contributed by atoms with E-state index in [-0.39, 0.29) is 6.03 Å². The topological polar surface area (TPSA) is 80.7 Å². The Balaban J connectivity index is 1.37. The minimum absolute atomic E-state index is 0.318. The van der Waals surface area contributed by atoms with Gasteiger partial charge in [-0.25, -0.2) is 9.48 Å². The Hall–Kier alpha value is -3.14. The van der Waals surface area contributed by atoms with Gasteiger partial charge in [0.1, 0.15) is 26.2 Å². The summed E-state index contributed by atoms with van der Waals surface area (Å²) in [5.41, 5.74) is 2.77. The minimum atomic E-state index is -1.67. The standard InChI is InChI=1S/C26H35N5O3Si/c1-20-5-9-22(10-6-20)31-24(19-25(29-31)35(2,3)4)28-26(32)27-21-7-11-23(12-8-21)34-18-15-30-13-16-33-17-14-30/h5-12,19H,13-18H2,1-4H3,(H2,27,28,32). The summed E-state index contributed by atoms with van der Waals surface area (Å²) in [5.74, 6) is 1.42. The molecule has 8 nitrogen and oxygen atoms in total. The van der Waals surface area contributed by atoms with Crippen LogP contribution in [0.4, 0.5) is 16.3 Å². The lowest BCUT2D eigenvalue weighted by Gasteiger charge is -2.26. The van der Waals surface area contributed by atoms with Crippen LogP contribution >= 0.6 is 0 Å². The van der Waals surface area contributed by atoms with Gasteiger partial charge in [0.25, 0.3) is 0 Å². The molecule has 1 aliphatic heterocycles. The van der Waals surface area contributed by atoms with Crippen molar-refractivity contribution in [3.8, 4) is 11.4 Å². The molecule has 0 saturated carbocycles. The maximum absolute atomic E-state index is 12.8. The Labute approximate surface area is 208 Å². The smallest absolute Gasteiger partial charge is 0.324 e. The molecule has 4 rings (SSSR count). The van der Waals surface area contributed by atoms with Gasteiger partial charge in [-0.1, -0.05) is 37.3 Å². The highest BCUT2D eigenvalue weighted by atomic mass is 28.3. The quantitative estimate of drug-likeness (QED) is 0.462. The third-order valence-electron chi connectivity index (χ3n) is 5.89. The van der Waals surface area contributed by atoms with Crippen molar-refractivity contribution in [1.29, 1.82) is 0 Å². The number of urea groups is 1. The molecule has 0 aliphatic carbocycles. The van der Waals surface area contributed by atoms with Crippen LogP contribution in [0.5, 0.6) is 5.75 Å². The maximum Gasteiger partial charge on any atom is 0.324 e. The molecule has 1 saturated heterocycles. The molecule has 0 bridgehead atoms. The van der Waals surface area contributed by atoms with E-state index in [0.29, 0.717) is 18.1 Å². The molecule has 3 aromatic rings. The van der Waals surface area contributed by atoms with Crippen LogP contribution in [0, 0.1) is 6.92 Å². The highest BCUT2D eigenvalue weighted by Gasteiger charge is 2.23. The molecule has 2 N–H and O–H groups in total. The molecule has 186 valence electrons. The summed E-state index contributed by atoms with van der Waals surface area (Å²) in [6, 6.07) is 17.2. The van der Waals surface area contributed by atoms with Gasteiger partial charge < -0.3 is 14.8 Å². The zero-order valence-corrected chi connectivity index (χ0v) is 22.0. The van der Waals surface area contributed by atoms with E-state index in [1.54, 1.807) is 4.68 Å². The molecule has 1 fully saturated rings. The molecule has 0 radical (unpaired) electrons. The van der Waals surface area contributed by atoms with Crippen molar-refractivity contribution in [3.63, 3.8) is 0 Å². The molecule has 2 aromatic carbocycles. The normalized spacial score (nSPS) is 14.5. The first-order valence-electron chi connectivity index (χ1n) is 12.1. The van der Waals surface area contributed by atoms with E-state index in [1.807, 2.05) is 61.5 Å². The predicted molar refractivity (Wildman–Crippen MR) is 143 cm³/mol. The number of anilines is 2. The number of carbonyl (C=O) groups excluding carboxylic acids is 1. The molecule has 0 spiro atoms. The second kappa shape index (κ2) is 11.1. The molecule has 2 heterocycles. The van der Waals surface area contributed by atoms with E-state index >= 15 is 0 Å². The number of carbonyl (C=O) groups is 1. The van der Waals surface area contributed by atoms with Gasteiger partial charge in [0.15, 0.2) is 0 Å². The first-order chi connectivity index (χ1) is 16.8. The van der Waals surface area contributed by atoms with E-state index < -0.39 is 8.07 Å². The average molecular weight is 494 g/mol. The van der Waals surface area contributed by atoms with Crippen LogP contribution in [-0.2, 0) is 4.74 Å². The van der Waals surface area contributed by atoms with Crippen LogP contribution in [0.15, 0.2) is 54.6 Å². The first kappa shape index (κ1) is 25.0. The number of benzene rings is 2. The molecule has 2 amide bonds. The fourth-order valence-corrected chi connectivity index (χ4v) is 4.72. The monoisotopic (exact) mass is 493 g/mol. The van der Waals surface area contributed by atoms with Crippen molar-refractivity contribution < 1.29 is 14.3 Å². The van der Waals surface area contributed by atoms with Gasteiger partial charge in [-0.15, -0.1) is 0 Å². The highest BCUT2D eigenvalue weighted by Crippen LogP contribution is 2.19. The number of amides is 2. The Morgan fingerprint density at radius 2 is 1.71 bits per heavy atom. The lowest BCUT2D eigenvalue weighted by atomic mass is 10.2. The molecule has 1 aliphatic rings. The van der Waals surface area contributed by atoms with Gasteiger partial charge in [-0.2, -0.15) is 5.10 Å². The van der Waals surface area contributed by atoms with Crippen molar-refractivity contribution in [2.75, 3.05) is 50.1 Å². The molecule has 9 heteroatoms. The first-order valence-corrected chi connectivity index (χ1v) is 15.6. The van der Waals surface area contributed by atoms with Gasteiger partial charge in [0.2, 0.25) is 0 Å². The Bertz CT molecular complexity index is 1120. The number of nitrogens with zero attached hydrogens (tertiary/aromatic N) is 3. The Morgan fingerprint density at radius 1 is 1.03 bits per heavy atom. The lowest BCUT2D eigenvalue weighted by Crippen LogP contribution is -2.39. The largest absolute Gasteiger partial charge is 0.492 e. The fraction of sp³-hybridized carbons (Fsp3) is 0.385. The van der Waals surface area contributed by atoms with Crippen LogP contribution in [0.25, 0.3) is 5.69 Å². The number of hydrogen-bond donors (Lipinski definition) is 2. The summed E-state index contributed by atoms with van der Waals surface area (Å²) in [6.45, 7) is 13.7.